The Bertz CT molecular complexity index is 1050. The first-order chi connectivity index (χ1) is 15.8. The number of nitrogens with one attached hydrogen (secondary N) is 3. The largest absolute Gasteiger partial charge is 0.369 e. The summed E-state index contributed by atoms with van der Waals surface area (Å²) in [6.07, 6.45) is 12.7. The van der Waals surface area contributed by atoms with Crippen LogP contribution in [0.25, 0.3) is 0 Å². The van der Waals surface area contributed by atoms with Crippen LogP contribution in [0.2, 0.25) is 0 Å². The third kappa shape index (κ3) is 4.36. The van der Waals surface area contributed by atoms with Crippen LogP contribution in [0, 0.1) is 17.2 Å². The monoisotopic (exact) mass is 447 g/mol. The fraction of sp³-hybridized carbons (Fsp3) is 0.417. The maximum Gasteiger partial charge on any atom is 0.164 e. The number of fused-ring (bicyclic) bond motifs is 6. The highest BCUT2D eigenvalue weighted by Gasteiger charge is 2.38. The third-order valence-electron chi connectivity index (χ3n) is 6.55. The fourth-order valence-corrected chi connectivity index (χ4v) is 5.66. The molecule has 0 aromatic carbocycles. The van der Waals surface area contributed by atoms with Crippen molar-refractivity contribution in [3.63, 3.8) is 0 Å². The Morgan fingerprint density at radius 2 is 2.16 bits per heavy atom. The number of aromatic nitrogens is 1. The number of dihydropyridines is 1. The van der Waals surface area contributed by atoms with E-state index in [4.69, 9.17) is 9.98 Å². The van der Waals surface area contributed by atoms with Crippen molar-refractivity contribution in [3.8, 4) is 6.07 Å². The van der Waals surface area contributed by atoms with Gasteiger partial charge >= 0.3 is 0 Å². The predicted octanol–water partition coefficient (Wildman–Crippen LogP) is 2.52. The van der Waals surface area contributed by atoms with Gasteiger partial charge < -0.3 is 20.9 Å². The average molecular weight is 448 g/mol. The minimum Gasteiger partial charge on any atom is -0.369 e. The lowest BCUT2D eigenvalue weighted by molar-refractivity contribution is 0.392. The Labute approximate surface area is 193 Å². The lowest BCUT2D eigenvalue weighted by Gasteiger charge is -2.35. The Kier molecular flexibility index (Phi) is 6.10. The van der Waals surface area contributed by atoms with E-state index in [1.807, 2.05) is 48.8 Å². The summed E-state index contributed by atoms with van der Waals surface area (Å²) in [5, 5.41) is 22.7. The van der Waals surface area contributed by atoms with Gasteiger partial charge in [0.25, 0.3) is 0 Å². The van der Waals surface area contributed by atoms with E-state index in [1.165, 1.54) is 16.2 Å². The second-order valence-electron chi connectivity index (χ2n) is 8.66. The number of thiol groups is 1. The van der Waals surface area contributed by atoms with E-state index in [2.05, 4.69) is 32.3 Å². The molecule has 1 saturated heterocycles. The molecule has 8 heteroatoms. The lowest BCUT2D eigenvalue weighted by Crippen LogP contribution is -2.54. The van der Waals surface area contributed by atoms with Crippen LogP contribution < -0.4 is 16.0 Å². The molecule has 0 spiro atoms. The number of hydrogen-bond acceptors (Lipinski definition) is 7. The van der Waals surface area contributed by atoms with Gasteiger partial charge in [-0.15, -0.1) is 0 Å². The van der Waals surface area contributed by atoms with E-state index >= 15 is 0 Å². The van der Waals surface area contributed by atoms with E-state index in [0.717, 1.165) is 56.2 Å². The van der Waals surface area contributed by atoms with E-state index in [-0.39, 0.29) is 6.04 Å². The van der Waals surface area contributed by atoms with Gasteiger partial charge in [-0.2, -0.15) is 16.6 Å². The van der Waals surface area contributed by atoms with Crippen molar-refractivity contribution in [2.45, 2.75) is 37.4 Å². The summed E-state index contributed by atoms with van der Waals surface area (Å²) < 4.78 is 0. The number of nitriles is 1. The normalized spacial score (nSPS) is 29.7. The van der Waals surface area contributed by atoms with Crippen LogP contribution in [-0.2, 0) is 6.54 Å². The molecule has 3 atom stereocenters. The van der Waals surface area contributed by atoms with Gasteiger partial charge in [-0.05, 0) is 61.1 Å². The second kappa shape index (κ2) is 9.31. The predicted molar refractivity (Wildman–Crippen MR) is 133 cm³/mol. The van der Waals surface area contributed by atoms with E-state index in [9.17, 15) is 5.26 Å². The topological polar surface area (TPSA) is 88.4 Å². The Morgan fingerprint density at radius 1 is 1.19 bits per heavy atom. The molecule has 7 nitrogen and oxygen atoms in total. The number of hydrogen-bond donors (Lipinski definition) is 4. The SMILES string of the molecule is N#CC1(C2CCC3CCN(C3)C3=NC=C[SH]=C3CNCc3cccc(n3)N2)C=CC=CN1. The molecule has 0 aliphatic carbocycles. The van der Waals surface area contributed by atoms with Gasteiger partial charge in [0.05, 0.1) is 17.8 Å². The molecule has 3 N–H and O–H groups in total. The zero-order valence-corrected chi connectivity index (χ0v) is 18.9. The summed E-state index contributed by atoms with van der Waals surface area (Å²) in [6.45, 7) is 3.54. The first kappa shape index (κ1) is 21.0. The number of pyridine rings is 1. The van der Waals surface area contributed by atoms with Crippen molar-refractivity contribution in [2.24, 2.45) is 10.9 Å². The van der Waals surface area contributed by atoms with Crippen LogP contribution in [0.15, 0.2) is 59.2 Å². The fourth-order valence-electron chi connectivity index (χ4n) is 4.83. The highest BCUT2D eigenvalue weighted by molar-refractivity contribution is 8.02. The van der Waals surface area contributed by atoms with Crippen LogP contribution in [0.3, 0.4) is 0 Å². The highest BCUT2D eigenvalue weighted by atomic mass is 32.1. The molecule has 0 radical (unpaired) electrons. The zero-order chi connectivity index (χ0) is 21.8. The molecule has 1 fully saturated rings. The maximum atomic E-state index is 10.1. The summed E-state index contributed by atoms with van der Waals surface area (Å²) in [4.78, 5) is 13.3. The first-order valence-electron chi connectivity index (χ1n) is 11.3. The average Bonchev–Trinajstić information content (AvgIpc) is 3.31. The van der Waals surface area contributed by atoms with Gasteiger partial charge in [0.15, 0.2) is 5.54 Å². The van der Waals surface area contributed by atoms with Crippen molar-refractivity contribution >= 4 is 27.9 Å². The molecular weight excluding hydrogens is 418 g/mol. The number of anilines is 1. The summed E-state index contributed by atoms with van der Waals surface area (Å²) in [6, 6.07) is 8.48. The van der Waals surface area contributed by atoms with Gasteiger partial charge in [0.2, 0.25) is 0 Å². The summed E-state index contributed by atoms with van der Waals surface area (Å²) in [5.41, 5.74) is 0.181. The van der Waals surface area contributed by atoms with Crippen LogP contribution in [-0.4, -0.2) is 51.8 Å². The molecule has 4 aliphatic heterocycles. The molecule has 32 heavy (non-hydrogen) atoms. The molecule has 5 heterocycles. The van der Waals surface area contributed by atoms with Crippen molar-refractivity contribution in [1.29, 1.82) is 5.26 Å². The minimum absolute atomic E-state index is 0.0980. The van der Waals surface area contributed by atoms with Crippen molar-refractivity contribution in [2.75, 3.05) is 25.0 Å². The molecule has 1 aromatic heterocycles. The smallest absolute Gasteiger partial charge is 0.164 e. The molecule has 4 bridgehead atoms. The number of allylic oxidation sites excluding steroid dienone is 2. The molecule has 1 aromatic rings. The van der Waals surface area contributed by atoms with Gasteiger partial charge in [0, 0.05) is 37.2 Å². The second-order valence-corrected chi connectivity index (χ2v) is 9.76. The van der Waals surface area contributed by atoms with Gasteiger partial charge in [-0.1, -0.05) is 12.1 Å². The highest BCUT2D eigenvalue weighted by Crippen LogP contribution is 2.29. The van der Waals surface area contributed by atoms with E-state index in [1.54, 1.807) is 0 Å². The van der Waals surface area contributed by atoms with Crippen molar-refractivity contribution in [1.82, 2.24) is 20.5 Å². The van der Waals surface area contributed by atoms with Crippen LogP contribution in [0.1, 0.15) is 25.0 Å². The molecule has 166 valence electrons. The van der Waals surface area contributed by atoms with Crippen LogP contribution >= 0.6 is 11.4 Å². The number of rotatable bonds is 1. The minimum atomic E-state index is -0.797. The van der Waals surface area contributed by atoms with Crippen LogP contribution in [0.4, 0.5) is 5.82 Å². The van der Waals surface area contributed by atoms with Gasteiger partial charge in [0.1, 0.15) is 11.7 Å². The standard InChI is InChI=1S/C24H29N7S/c25-17-24(9-1-2-10-28-24)21-7-6-18-8-12-31(16-18)23-20(32-13-11-27-23)15-26-14-19-4-3-5-22(29-19)30-21/h1-5,9-11,13,18,21,26,28,32H,6-8,12,14-16H2,(H,29,30). The molecule has 0 amide bonds. The zero-order valence-electron chi connectivity index (χ0n) is 18.0. The maximum absolute atomic E-state index is 10.1. The van der Waals surface area contributed by atoms with Gasteiger partial charge in [-0.3, -0.25) is 0 Å². The van der Waals surface area contributed by atoms with Gasteiger partial charge in [-0.25, -0.2) is 9.98 Å². The van der Waals surface area contributed by atoms with Crippen molar-refractivity contribution < 1.29 is 0 Å². The summed E-state index contributed by atoms with van der Waals surface area (Å²) in [7, 11) is 0. The molecular formula is C24H29N7S. The summed E-state index contributed by atoms with van der Waals surface area (Å²) >= 11 is 1.21. The first-order valence-corrected chi connectivity index (χ1v) is 12.2. The van der Waals surface area contributed by atoms with E-state index in [0.29, 0.717) is 12.5 Å². The van der Waals surface area contributed by atoms with Crippen LogP contribution in [0.5, 0.6) is 0 Å². The van der Waals surface area contributed by atoms with E-state index < -0.39 is 5.54 Å². The summed E-state index contributed by atoms with van der Waals surface area (Å²) in [5.74, 6) is 2.53. The Balaban J connectivity index is 1.45. The Morgan fingerprint density at radius 3 is 3.03 bits per heavy atom. The molecule has 0 saturated carbocycles. The quantitative estimate of drug-likeness (QED) is 0.391. The Hall–Kier alpha value is -2.89. The van der Waals surface area contributed by atoms with Crippen molar-refractivity contribution in [3.05, 3.63) is 59.9 Å². The number of aliphatic imine (C=N–C) groups is 1. The number of nitrogens with zero attached hydrogens (tertiary/aromatic N) is 4. The molecule has 4 aliphatic rings. The lowest BCUT2D eigenvalue weighted by atomic mass is 9.84. The number of amidine groups is 1. The third-order valence-corrected chi connectivity index (χ3v) is 7.50. The molecule has 5 rings (SSSR count). The molecule has 3 unspecified atom stereocenters.